The van der Waals surface area contributed by atoms with Crippen LogP contribution in [0.3, 0.4) is 0 Å². The van der Waals surface area contributed by atoms with E-state index in [0.717, 1.165) is 5.96 Å². The summed E-state index contributed by atoms with van der Waals surface area (Å²) in [6.07, 6.45) is 13.1. The highest BCUT2D eigenvalue weighted by Gasteiger charge is 2.18. The highest BCUT2D eigenvalue weighted by molar-refractivity contribution is 5.80. The Morgan fingerprint density at radius 3 is 2.00 bits per heavy atom. The van der Waals surface area contributed by atoms with E-state index in [1.54, 1.807) is 0 Å². The molecule has 0 unspecified atom stereocenters. The topological polar surface area (TPSA) is 54.9 Å². The molecule has 24 heavy (non-hydrogen) atoms. The van der Waals surface area contributed by atoms with E-state index < -0.39 is 0 Å². The maximum absolute atomic E-state index is 5.43. The van der Waals surface area contributed by atoms with E-state index in [1.165, 1.54) is 64.2 Å². The van der Waals surface area contributed by atoms with Crippen molar-refractivity contribution in [3.8, 4) is 0 Å². The Bertz CT molecular complexity index is 364. The molecule has 0 aliphatic heterocycles. The normalized spacial score (nSPS) is 19.5. The molecule has 0 spiro atoms. The number of hydrogen-bond donors (Lipinski definition) is 2. The zero-order valence-corrected chi connectivity index (χ0v) is 15.3. The zero-order valence-electron chi connectivity index (χ0n) is 15.3. The van der Waals surface area contributed by atoms with Gasteiger partial charge in [0, 0.05) is 12.1 Å². The molecule has 2 saturated carbocycles. The quantitative estimate of drug-likeness (QED) is 0.233. The van der Waals surface area contributed by atoms with Gasteiger partial charge in [0.2, 0.25) is 0 Å². The van der Waals surface area contributed by atoms with E-state index in [1.807, 2.05) is 6.92 Å². The number of aliphatic imine (C=N–C) groups is 1. The van der Waals surface area contributed by atoms with E-state index in [9.17, 15) is 0 Å². The summed E-state index contributed by atoms with van der Waals surface area (Å²) in [6, 6.07) is 1.14. The first-order valence-corrected chi connectivity index (χ1v) is 9.67. The van der Waals surface area contributed by atoms with Crippen molar-refractivity contribution >= 4 is 5.96 Å². The lowest BCUT2D eigenvalue weighted by Gasteiger charge is -2.29. The van der Waals surface area contributed by atoms with Crippen LogP contribution < -0.4 is 10.6 Å². The van der Waals surface area contributed by atoms with Crippen molar-refractivity contribution < 1.29 is 9.47 Å². The summed E-state index contributed by atoms with van der Waals surface area (Å²) in [6.45, 7) is 6.97. The van der Waals surface area contributed by atoms with E-state index in [-0.39, 0.29) is 6.79 Å². The summed E-state index contributed by atoms with van der Waals surface area (Å²) in [5.74, 6) is 1.65. The van der Waals surface area contributed by atoms with Crippen LogP contribution in [0.25, 0.3) is 0 Å². The Morgan fingerprint density at radius 2 is 1.50 bits per heavy atom. The first-order chi connectivity index (χ1) is 11.7. The van der Waals surface area contributed by atoms with Crippen LogP contribution in [0, 0.1) is 0 Å². The molecular formula is C19H35N3O2. The minimum atomic E-state index is 0.256. The van der Waals surface area contributed by atoms with Gasteiger partial charge in [-0.1, -0.05) is 45.1 Å². The fourth-order valence-electron chi connectivity index (χ4n) is 3.44. The molecule has 0 bridgehead atoms. The summed E-state index contributed by atoms with van der Waals surface area (Å²) in [4.78, 5) is 4.72. The van der Waals surface area contributed by atoms with Gasteiger partial charge in [-0.3, -0.25) is 4.99 Å². The highest BCUT2D eigenvalue weighted by Crippen LogP contribution is 2.19. The van der Waals surface area contributed by atoms with Gasteiger partial charge in [0.1, 0.15) is 0 Å². The standard InChI is InChI=1S/C19H35N3O2/c1-16(2)24-15-23-14-13-20-19(21-17-9-5-3-6-10-17)22-18-11-7-4-8-12-18/h17-18H,1,3-15H2,2H3,(H2,20,21,22). The summed E-state index contributed by atoms with van der Waals surface area (Å²) in [5.41, 5.74) is 0. The third kappa shape index (κ3) is 8.04. The summed E-state index contributed by atoms with van der Waals surface area (Å²) >= 11 is 0. The lowest BCUT2D eigenvalue weighted by atomic mass is 9.95. The highest BCUT2D eigenvalue weighted by atomic mass is 16.7. The van der Waals surface area contributed by atoms with E-state index in [0.29, 0.717) is 31.0 Å². The molecule has 5 heteroatoms. The van der Waals surface area contributed by atoms with Gasteiger partial charge >= 0.3 is 0 Å². The van der Waals surface area contributed by atoms with Crippen LogP contribution in [-0.2, 0) is 9.47 Å². The Morgan fingerprint density at radius 1 is 0.958 bits per heavy atom. The van der Waals surface area contributed by atoms with Gasteiger partial charge in [-0.25, -0.2) is 0 Å². The number of rotatable bonds is 8. The number of nitrogens with one attached hydrogen (secondary N) is 2. The van der Waals surface area contributed by atoms with E-state index in [4.69, 9.17) is 14.5 Å². The average molecular weight is 338 g/mol. The van der Waals surface area contributed by atoms with Crippen LogP contribution >= 0.6 is 0 Å². The molecule has 2 rings (SSSR count). The van der Waals surface area contributed by atoms with Crippen molar-refractivity contribution in [2.24, 2.45) is 4.99 Å². The van der Waals surface area contributed by atoms with Gasteiger partial charge in [-0.05, 0) is 32.6 Å². The van der Waals surface area contributed by atoms with Gasteiger partial charge in [0.25, 0.3) is 0 Å². The van der Waals surface area contributed by atoms with Crippen LogP contribution in [0.1, 0.15) is 71.1 Å². The van der Waals surface area contributed by atoms with Gasteiger partial charge in [0.15, 0.2) is 12.8 Å². The summed E-state index contributed by atoms with van der Waals surface area (Å²) in [7, 11) is 0. The lowest BCUT2D eigenvalue weighted by molar-refractivity contribution is -0.0186. The van der Waals surface area contributed by atoms with Gasteiger partial charge in [-0.2, -0.15) is 0 Å². The molecule has 0 radical (unpaired) electrons. The maximum atomic E-state index is 5.43. The fourth-order valence-corrected chi connectivity index (χ4v) is 3.44. The first kappa shape index (κ1) is 19.1. The monoisotopic (exact) mass is 337 g/mol. The molecule has 5 nitrogen and oxygen atoms in total. The molecule has 0 aromatic rings. The zero-order chi connectivity index (χ0) is 17.0. The first-order valence-electron chi connectivity index (χ1n) is 9.67. The van der Waals surface area contributed by atoms with E-state index >= 15 is 0 Å². The number of guanidine groups is 1. The van der Waals surface area contributed by atoms with Crippen molar-refractivity contribution in [3.05, 3.63) is 12.3 Å². The number of hydrogen-bond acceptors (Lipinski definition) is 3. The van der Waals surface area contributed by atoms with Crippen LogP contribution in [0.4, 0.5) is 0 Å². The van der Waals surface area contributed by atoms with Crippen molar-refractivity contribution in [1.82, 2.24) is 10.6 Å². The number of nitrogens with zero attached hydrogens (tertiary/aromatic N) is 1. The molecule has 2 aliphatic carbocycles. The molecule has 0 atom stereocenters. The van der Waals surface area contributed by atoms with E-state index in [2.05, 4.69) is 17.2 Å². The smallest absolute Gasteiger partial charge is 0.191 e. The Labute approximate surface area is 147 Å². The van der Waals surface area contributed by atoms with Crippen molar-refractivity contribution in [2.75, 3.05) is 19.9 Å². The molecule has 0 amide bonds. The predicted molar refractivity (Wildman–Crippen MR) is 99.0 cm³/mol. The summed E-state index contributed by atoms with van der Waals surface area (Å²) in [5, 5.41) is 7.30. The Hall–Kier alpha value is -1.23. The molecular weight excluding hydrogens is 302 g/mol. The van der Waals surface area contributed by atoms with Crippen molar-refractivity contribution in [1.29, 1.82) is 0 Å². The molecule has 0 saturated heterocycles. The van der Waals surface area contributed by atoms with Crippen LogP contribution in [0.15, 0.2) is 17.3 Å². The van der Waals surface area contributed by atoms with Crippen molar-refractivity contribution in [2.45, 2.75) is 83.2 Å². The minimum absolute atomic E-state index is 0.256. The summed E-state index contributed by atoms with van der Waals surface area (Å²) < 4.78 is 10.6. The predicted octanol–water partition coefficient (Wildman–Crippen LogP) is 3.71. The molecule has 2 fully saturated rings. The Kier molecular flexibility index (Phi) is 9.03. The van der Waals surface area contributed by atoms with Gasteiger partial charge < -0.3 is 20.1 Å². The second kappa shape index (κ2) is 11.3. The van der Waals surface area contributed by atoms with Gasteiger partial charge in [-0.15, -0.1) is 0 Å². The average Bonchev–Trinajstić information content (AvgIpc) is 2.59. The Balaban J connectivity index is 1.76. The minimum Gasteiger partial charge on any atom is -0.473 e. The fraction of sp³-hybridized carbons (Fsp3) is 0.842. The molecule has 0 aromatic carbocycles. The second-order valence-corrected chi connectivity index (χ2v) is 7.06. The number of ether oxygens (including phenoxy) is 2. The molecule has 2 N–H and O–H groups in total. The third-order valence-corrected chi connectivity index (χ3v) is 4.79. The molecule has 138 valence electrons. The molecule has 2 aliphatic rings. The van der Waals surface area contributed by atoms with Crippen LogP contribution in [-0.4, -0.2) is 38.0 Å². The van der Waals surface area contributed by atoms with Gasteiger partial charge in [0.05, 0.1) is 18.9 Å². The second-order valence-electron chi connectivity index (χ2n) is 7.06. The molecule has 0 heterocycles. The number of allylic oxidation sites excluding steroid dienone is 1. The lowest BCUT2D eigenvalue weighted by Crippen LogP contribution is -2.48. The van der Waals surface area contributed by atoms with Crippen molar-refractivity contribution in [3.63, 3.8) is 0 Å². The molecule has 0 aromatic heterocycles. The van der Waals surface area contributed by atoms with Crippen LogP contribution in [0.2, 0.25) is 0 Å². The van der Waals surface area contributed by atoms with Crippen LogP contribution in [0.5, 0.6) is 0 Å². The third-order valence-electron chi connectivity index (χ3n) is 4.79. The maximum Gasteiger partial charge on any atom is 0.191 e. The SMILES string of the molecule is C=C(C)OCOCCN=C(NC1CCCCC1)NC1CCCCC1. The largest absolute Gasteiger partial charge is 0.473 e.